The Morgan fingerprint density at radius 3 is 2.44 bits per heavy atom. The molecule has 0 amide bonds. The van der Waals surface area contributed by atoms with Crippen LogP contribution in [0.25, 0.3) is 0 Å². The molecule has 0 aromatic rings. The third-order valence-electron chi connectivity index (χ3n) is 5.80. The summed E-state index contributed by atoms with van der Waals surface area (Å²) in [5.74, 6) is 2.63. The van der Waals surface area contributed by atoms with Crippen molar-refractivity contribution in [2.24, 2.45) is 28.6 Å². The van der Waals surface area contributed by atoms with Crippen molar-refractivity contribution < 1.29 is 0 Å². The summed E-state index contributed by atoms with van der Waals surface area (Å²) in [6.07, 6.45) is 7.29. The standard InChI is InChI=1S/C17H33N/c1-13(2)14-12-18-11-10-17(14)9-7-6-8-15(17)16(3,4)5/h13-15,18H,6-12H2,1-5H3. The van der Waals surface area contributed by atoms with Crippen molar-refractivity contribution in [2.45, 2.75) is 66.7 Å². The van der Waals surface area contributed by atoms with Gasteiger partial charge in [0.05, 0.1) is 0 Å². The highest BCUT2D eigenvalue weighted by Crippen LogP contribution is 2.57. The van der Waals surface area contributed by atoms with Gasteiger partial charge < -0.3 is 5.32 Å². The molecule has 0 bridgehead atoms. The highest BCUT2D eigenvalue weighted by Gasteiger charge is 2.51. The van der Waals surface area contributed by atoms with Gasteiger partial charge in [0.1, 0.15) is 0 Å². The molecular weight excluding hydrogens is 218 g/mol. The van der Waals surface area contributed by atoms with E-state index in [1.54, 1.807) is 0 Å². The van der Waals surface area contributed by atoms with E-state index in [0.717, 1.165) is 17.8 Å². The molecule has 2 rings (SSSR count). The van der Waals surface area contributed by atoms with Gasteiger partial charge in [0.2, 0.25) is 0 Å². The first-order valence-electron chi connectivity index (χ1n) is 8.08. The van der Waals surface area contributed by atoms with Crippen LogP contribution in [0.2, 0.25) is 0 Å². The first kappa shape index (κ1) is 14.4. The molecule has 1 aliphatic carbocycles. The Morgan fingerprint density at radius 1 is 1.11 bits per heavy atom. The van der Waals surface area contributed by atoms with Crippen molar-refractivity contribution in [2.75, 3.05) is 13.1 Å². The SMILES string of the molecule is CC(C)C1CNCCC12CCCCC2C(C)(C)C. The Balaban J connectivity index is 2.33. The number of rotatable bonds is 1. The Hall–Kier alpha value is -0.0400. The van der Waals surface area contributed by atoms with E-state index in [2.05, 4.69) is 39.9 Å². The fourth-order valence-corrected chi connectivity index (χ4v) is 5.17. The van der Waals surface area contributed by atoms with Crippen LogP contribution < -0.4 is 5.32 Å². The normalized spacial score (nSPS) is 38.3. The monoisotopic (exact) mass is 251 g/mol. The fraction of sp³-hybridized carbons (Fsp3) is 1.00. The van der Waals surface area contributed by atoms with E-state index in [1.807, 2.05) is 0 Å². The van der Waals surface area contributed by atoms with E-state index in [4.69, 9.17) is 0 Å². The maximum atomic E-state index is 3.66. The minimum absolute atomic E-state index is 0.477. The van der Waals surface area contributed by atoms with Crippen molar-refractivity contribution in [3.8, 4) is 0 Å². The van der Waals surface area contributed by atoms with Gasteiger partial charge in [-0.15, -0.1) is 0 Å². The van der Waals surface area contributed by atoms with E-state index >= 15 is 0 Å². The lowest BCUT2D eigenvalue weighted by Crippen LogP contribution is -2.55. The predicted octanol–water partition coefficient (Wildman–Crippen LogP) is 4.47. The summed E-state index contributed by atoms with van der Waals surface area (Å²) in [6.45, 7) is 14.8. The molecule has 3 atom stereocenters. The minimum Gasteiger partial charge on any atom is -0.316 e. The van der Waals surface area contributed by atoms with Crippen LogP contribution in [0.4, 0.5) is 0 Å². The second-order valence-electron chi connectivity index (χ2n) is 8.20. The van der Waals surface area contributed by atoms with Crippen molar-refractivity contribution in [3.63, 3.8) is 0 Å². The third kappa shape index (κ3) is 2.48. The highest BCUT2D eigenvalue weighted by molar-refractivity contribution is 5.02. The molecule has 18 heavy (non-hydrogen) atoms. The van der Waals surface area contributed by atoms with Gasteiger partial charge in [-0.3, -0.25) is 0 Å². The lowest BCUT2D eigenvalue weighted by Gasteiger charge is -2.57. The summed E-state index contributed by atoms with van der Waals surface area (Å²) in [7, 11) is 0. The van der Waals surface area contributed by atoms with Crippen LogP contribution >= 0.6 is 0 Å². The quantitative estimate of drug-likeness (QED) is 0.725. The molecule has 1 N–H and O–H groups in total. The molecule has 1 heteroatoms. The number of nitrogens with one attached hydrogen (secondary N) is 1. The Kier molecular flexibility index (Phi) is 4.11. The first-order chi connectivity index (χ1) is 8.38. The molecular formula is C17H33N. The van der Waals surface area contributed by atoms with E-state index < -0.39 is 0 Å². The zero-order chi connectivity index (χ0) is 13.4. The molecule has 1 nitrogen and oxygen atoms in total. The topological polar surface area (TPSA) is 12.0 Å². The maximum absolute atomic E-state index is 3.66. The minimum atomic E-state index is 0.477. The zero-order valence-corrected chi connectivity index (χ0v) is 13.2. The number of hydrogen-bond acceptors (Lipinski definition) is 1. The van der Waals surface area contributed by atoms with Crippen molar-refractivity contribution in [3.05, 3.63) is 0 Å². The van der Waals surface area contributed by atoms with Crippen molar-refractivity contribution in [1.29, 1.82) is 0 Å². The first-order valence-corrected chi connectivity index (χ1v) is 8.08. The largest absolute Gasteiger partial charge is 0.316 e. The summed E-state index contributed by atoms with van der Waals surface area (Å²) in [5.41, 5.74) is 1.11. The molecule has 106 valence electrons. The molecule has 3 unspecified atom stereocenters. The zero-order valence-electron chi connectivity index (χ0n) is 13.2. The van der Waals surface area contributed by atoms with Crippen LogP contribution in [0.15, 0.2) is 0 Å². The molecule has 2 aliphatic rings. The van der Waals surface area contributed by atoms with Gasteiger partial charge in [-0.05, 0) is 60.9 Å². The summed E-state index contributed by atoms with van der Waals surface area (Å²) in [5, 5.41) is 3.66. The molecule has 2 fully saturated rings. The van der Waals surface area contributed by atoms with Crippen molar-refractivity contribution >= 4 is 0 Å². The summed E-state index contributed by atoms with van der Waals surface area (Å²) in [4.78, 5) is 0. The van der Waals surface area contributed by atoms with Gasteiger partial charge in [0.15, 0.2) is 0 Å². The van der Waals surface area contributed by atoms with Crippen LogP contribution in [0.3, 0.4) is 0 Å². The summed E-state index contributed by atoms with van der Waals surface area (Å²) >= 11 is 0. The van der Waals surface area contributed by atoms with Gasteiger partial charge in [-0.25, -0.2) is 0 Å². The van der Waals surface area contributed by atoms with Crippen LogP contribution in [0, 0.1) is 28.6 Å². The van der Waals surface area contributed by atoms with Crippen molar-refractivity contribution in [1.82, 2.24) is 5.32 Å². The van der Waals surface area contributed by atoms with Crippen LogP contribution in [0.5, 0.6) is 0 Å². The van der Waals surface area contributed by atoms with Crippen LogP contribution in [-0.4, -0.2) is 13.1 Å². The van der Waals surface area contributed by atoms with Crippen LogP contribution in [-0.2, 0) is 0 Å². The van der Waals surface area contributed by atoms with E-state index in [1.165, 1.54) is 45.2 Å². The average molecular weight is 251 g/mol. The smallest absolute Gasteiger partial charge is 0.00126 e. The average Bonchev–Trinajstić information content (AvgIpc) is 2.28. The van der Waals surface area contributed by atoms with Gasteiger partial charge in [-0.1, -0.05) is 47.5 Å². The third-order valence-corrected chi connectivity index (χ3v) is 5.80. The summed E-state index contributed by atoms with van der Waals surface area (Å²) < 4.78 is 0. The number of piperidine rings is 1. The molecule has 0 aromatic carbocycles. The number of hydrogen-bond donors (Lipinski definition) is 1. The molecule has 1 spiro atoms. The molecule has 1 aliphatic heterocycles. The van der Waals surface area contributed by atoms with Gasteiger partial charge in [0.25, 0.3) is 0 Å². The van der Waals surface area contributed by atoms with E-state index in [9.17, 15) is 0 Å². The lowest BCUT2D eigenvalue weighted by molar-refractivity contribution is -0.0716. The second-order valence-corrected chi connectivity index (χ2v) is 8.20. The molecule has 1 heterocycles. The molecule has 1 saturated carbocycles. The predicted molar refractivity (Wildman–Crippen MR) is 79.7 cm³/mol. The maximum Gasteiger partial charge on any atom is -0.00126 e. The Morgan fingerprint density at radius 2 is 1.83 bits per heavy atom. The molecule has 1 saturated heterocycles. The Labute approximate surface area is 114 Å². The highest BCUT2D eigenvalue weighted by atomic mass is 14.9. The van der Waals surface area contributed by atoms with Gasteiger partial charge in [-0.2, -0.15) is 0 Å². The molecule has 0 radical (unpaired) electrons. The van der Waals surface area contributed by atoms with Gasteiger partial charge >= 0.3 is 0 Å². The fourth-order valence-electron chi connectivity index (χ4n) is 5.17. The lowest BCUT2D eigenvalue weighted by atomic mass is 9.49. The summed E-state index contributed by atoms with van der Waals surface area (Å²) in [6, 6.07) is 0. The van der Waals surface area contributed by atoms with E-state index in [-0.39, 0.29) is 0 Å². The Bertz CT molecular complexity index is 270. The van der Waals surface area contributed by atoms with Gasteiger partial charge in [0, 0.05) is 0 Å². The molecule has 0 aromatic heterocycles. The second kappa shape index (κ2) is 5.15. The van der Waals surface area contributed by atoms with Crippen LogP contribution in [0.1, 0.15) is 66.7 Å². The van der Waals surface area contributed by atoms with E-state index in [0.29, 0.717) is 10.8 Å².